The van der Waals surface area contributed by atoms with Crippen LogP contribution in [0.15, 0.2) is 133 Å². The first-order valence-electron chi connectivity index (χ1n) is 13.3. The summed E-state index contributed by atoms with van der Waals surface area (Å²) in [6.45, 7) is 4.75. The van der Waals surface area contributed by atoms with E-state index in [-0.39, 0.29) is 5.28 Å². The van der Waals surface area contributed by atoms with Crippen molar-refractivity contribution in [2.24, 2.45) is 0 Å². The van der Waals surface area contributed by atoms with Crippen LogP contribution in [-0.2, 0) is 0 Å². The molecule has 3 nitrogen and oxygen atoms in total. The monoisotopic (exact) mass is 553 g/mol. The Morgan fingerprint density at radius 3 is 1.52 bits per heavy atom. The highest BCUT2D eigenvalue weighted by Gasteiger charge is 2.25. The molecule has 0 fully saturated rings. The fourth-order valence-electron chi connectivity index (χ4n) is 5.08. The number of aromatic nitrogens is 3. The fraction of sp³-hybridized carbons (Fsp3) is 0.0571. The summed E-state index contributed by atoms with van der Waals surface area (Å²) in [5, 5.41) is 2.93. The van der Waals surface area contributed by atoms with Crippen LogP contribution in [0.5, 0.6) is 0 Å². The zero-order valence-electron chi connectivity index (χ0n) is 22.4. The zero-order valence-corrected chi connectivity index (χ0v) is 24.2. The Balaban J connectivity index is 1.39. The van der Waals surface area contributed by atoms with Gasteiger partial charge >= 0.3 is 0 Å². The van der Waals surface area contributed by atoms with E-state index in [2.05, 4.69) is 144 Å². The summed E-state index contributed by atoms with van der Waals surface area (Å²) in [4.78, 5) is 13.9. The first kappa shape index (κ1) is 25.9. The Morgan fingerprint density at radius 2 is 0.925 bits per heavy atom. The smallest absolute Gasteiger partial charge is 0.208 e. The molecule has 1 heterocycles. The molecule has 5 heteroatoms. The van der Waals surface area contributed by atoms with Gasteiger partial charge in [0.15, 0.2) is 11.6 Å². The highest BCUT2D eigenvalue weighted by atomic mass is 35.5. The number of halogens is 1. The van der Waals surface area contributed by atoms with E-state index in [1.807, 2.05) is 12.1 Å². The molecular weight excluding hydrogens is 526 g/mol. The van der Waals surface area contributed by atoms with Gasteiger partial charge in [0, 0.05) is 11.1 Å². The summed E-state index contributed by atoms with van der Waals surface area (Å²) in [6.07, 6.45) is 0. The lowest BCUT2D eigenvalue weighted by Gasteiger charge is -2.23. The average Bonchev–Trinajstić information content (AvgIpc) is 3.02. The van der Waals surface area contributed by atoms with Crippen molar-refractivity contribution in [3.8, 4) is 45.0 Å². The second-order valence-electron chi connectivity index (χ2n) is 10.3. The van der Waals surface area contributed by atoms with Crippen LogP contribution < -0.4 is 10.4 Å². The van der Waals surface area contributed by atoms with E-state index in [1.54, 1.807) is 0 Å². The van der Waals surface area contributed by atoms with Gasteiger partial charge in [-0.3, -0.25) is 0 Å². The maximum absolute atomic E-state index is 6.46. The summed E-state index contributed by atoms with van der Waals surface area (Å²) in [5.74, 6) is 1.11. The van der Waals surface area contributed by atoms with Crippen LogP contribution in [0.4, 0.5) is 0 Å². The molecule has 0 unspecified atom stereocenters. The van der Waals surface area contributed by atoms with Crippen LogP contribution in [0.1, 0.15) is 0 Å². The molecule has 0 aliphatic rings. The normalized spacial score (nSPS) is 11.4. The number of benzene rings is 5. The van der Waals surface area contributed by atoms with Gasteiger partial charge in [0.2, 0.25) is 5.28 Å². The lowest BCUT2D eigenvalue weighted by atomic mass is 9.92. The molecule has 6 aromatic rings. The van der Waals surface area contributed by atoms with Crippen molar-refractivity contribution < 1.29 is 0 Å². The Labute approximate surface area is 241 Å². The topological polar surface area (TPSA) is 38.7 Å². The number of hydrogen-bond acceptors (Lipinski definition) is 3. The van der Waals surface area contributed by atoms with E-state index in [4.69, 9.17) is 16.6 Å². The fourth-order valence-corrected chi connectivity index (χ4v) is 7.59. The van der Waals surface area contributed by atoms with Gasteiger partial charge in [0.05, 0.1) is 0 Å². The molecule has 0 bridgehead atoms. The minimum atomic E-state index is -1.81. The van der Waals surface area contributed by atoms with Crippen molar-refractivity contribution >= 4 is 30.0 Å². The van der Waals surface area contributed by atoms with E-state index in [0.717, 1.165) is 33.4 Å². The highest BCUT2D eigenvalue weighted by molar-refractivity contribution is 7.00. The molecule has 5 aromatic carbocycles. The minimum Gasteiger partial charge on any atom is -0.208 e. The Morgan fingerprint density at radius 1 is 0.450 bits per heavy atom. The molecule has 0 saturated carbocycles. The summed E-state index contributed by atoms with van der Waals surface area (Å²) < 4.78 is 0. The molecule has 0 aliphatic heterocycles. The molecule has 40 heavy (non-hydrogen) atoms. The third kappa shape index (κ3) is 5.24. The average molecular weight is 554 g/mol. The first-order valence-corrected chi connectivity index (χ1v) is 16.7. The SMILES string of the molecule is C[Si](C)(c1ccccc1)c1ccc(-c2nc(Cl)nc(-c3ccc(-c4ccccc4)c(-c4ccccc4)c3)n2)cc1. The van der Waals surface area contributed by atoms with E-state index in [9.17, 15) is 0 Å². The highest BCUT2D eigenvalue weighted by Crippen LogP contribution is 2.35. The summed E-state index contributed by atoms with van der Waals surface area (Å²) in [6, 6.07) is 46.5. The largest absolute Gasteiger partial charge is 0.226 e. The van der Waals surface area contributed by atoms with Crippen LogP contribution >= 0.6 is 11.6 Å². The van der Waals surface area contributed by atoms with Crippen molar-refractivity contribution in [3.05, 3.63) is 139 Å². The Hall–Kier alpha value is -4.38. The number of rotatable bonds is 6. The van der Waals surface area contributed by atoms with E-state index < -0.39 is 8.07 Å². The molecule has 0 spiro atoms. The van der Waals surface area contributed by atoms with Gasteiger partial charge in [0.1, 0.15) is 8.07 Å². The minimum absolute atomic E-state index is 0.177. The summed E-state index contributed by atoms with van der Waals surface area (Å²) in [5.41, 5.74) is 6.35. The van der Waals surface area contributed by atoms with Crippen molar-refractivity contribution in [2.45, 2.75) is 13.1 Å². The summed E-state index contributed by atoms with van der Waals surface area (Å²) >= 11 is 6.46. The predicted octanol–water partition coefficient (Wildman–Crippen LogP) is 8.02. The van der Waals surface area contributed by atoms with Crippen LogP contribution in [0, 0.1) is 0 Å². The molecule has 0 saturated heterocycles. The van der Waals surface area contributed by atoms with Crippen molar-refractivity contribution in [1.29, 1.82) is 0 Å². The Bertz CT molecular complexity index is 1750. The Kier molecular flexibility index (Phi) is 7.12. The molecule has 0 radical (unpaired) electrons. The van der Waals surface area contributed by atoms with E-state index >= 15 is 0 Å². The molecule has 0 aliphatic carbocycles. The maximum atomic E-state index is 6.46. The molecular formula is C35H28ClN3Si. The van der Waals surface area contributed by atoms with Gasteiger partial charge in [-0.15, -0.1) is 0 Å². The predicted molar refractivity (Wildman–Crippen MR) is 170 cm³/mol. The zero-order chi connectivity index (χ0) is 27.5. The second kappa shape index (κ2) is 11.0. The van der Waals surface area contributed by atoms with Gasteiger partial charge in [-0.1, -0.05) is 151 Å². The van der Waals surface area contributed by atoms with Crippen LogP contribution in [0.2, 0.25) is 18.4 Å². The second-order valence-corrected chi connectivity index (χ2v) is 15.1. The van der Waals surface area contributed by atoms with Gasteiger partial charge in [-0.05, 0) is 39.9 Å². The third-order valence-corrected chi connectivity index (χ3v) is 11.1. The first-order chi connectivity index (χ1) is 19.5. The van der Waals surface area contributed by atoms with Gasteiger partial charge < -0.3 is 0 Å². The number of hydrogen-bond donors (Lipinski definition) is 0. The van der Waals surface area contributed by atoms with E-state index in [1.165, 1.54) is 10.4 Å². The molecule has 0 N–H and O–H groups in total. The van der Waals surface area contributed by atoms with Crippen LogP contribution in [0.3, 0.4) is 0 Å². The molecule has 6 rings (SSSR count). The molecule has 1 aromatic heterocycles. The standard InChI is InChI=1S/C35H28ClN3Si/c1-40(2,29-16-10-5-11-17-29)30-21-18-27(19-22-30)33-37-34(39-35(36)38-33)28-20-23-31(25-12-6-3-7-13-25)32(24-28)26-14-8-4-9-15-26/h3-24H,1-2H3. The third-order valence-electron chi connectivity index (χ3n) is 7.42. The van der Waals surface area contributed by atoms with Gasteiger partial charge in [0.25, 0.3) is 0 Å². The van der Waals surface area contributed by atoms with Crippen molar-refractivity contribution in [3.63, 3.8) is 0 Å². The quantitative estimate of drug-likeness (QED) is 0.196. The maximum Gasteiger partial charge on any atom is 0.226 e. The van der Waals surface area contributed by atoms with E-state index in [0.29, 0.717) is 11.6 Å². The van der Waals surface area contributed by atoms with Crippen molar-refractivity contribution in [2.75, 3.05) is 0 Å². The molecule has 194 valence electrons. The molecule has 0 atom stereocenters. The van der Waals surface area contributed by atoms with Crippen molar-refractivity contribution in [1.82, 2.24) is 15.0 Å². The van der Waals surface area contributed by atoms with Crippen LogP contribution in [0.25, 0.3) is 45.0 Å². The van der Waals surface area contributed by atoms with Gasteiger partial charge in [-0.25, -0.2) is 4.98 Å². The summed E-state index contributed by atoms with van der Waals surface area (Å²) in [7, 11) is -1.81. The number of nitrogens with zero attached hydrogens (tertiary/aromatic N) is 3. The lowest BCUT2D eigenvalue weighted by molar-refractivity contribution is 1.07. The molecule has 0 amide bonds. The van der Waals surface area contributed by atoms with Crippen LogP contribution in [-0.4, -0.2) is 23.0 Å². The van der Waals surface area contributed by atoms with Gasteiger partial charge in [-0.2, -0.15) is 9.97 Å². The lowest BCUT2D eigenvalue weighted by Crippen LogP contribution is -2.52.